The van der Waals surface area contributed by atoms with Crippen LogP contribution in [0.5, 0.6) is 0 Å². The molecule has 4 nitrogen and oxygen atoms in total. The lowest BCUT2D eigenvalue weighted by Crippen LogP contribution is -2.36. The minimum atomic E-state index is 0.293. The fourth-order valence-corrected chi connectivity index (χ4v) is 1.85. The minimum Gasteiger partial charge on any atom is -0.383 e. The Labute approximate surface area is 104 Å². The first-order valence-electron chi connectivity index (χ1n) is 6.19. The maximum Gasteiger partial charge on any atom is 0.130 e. The van der Waals surface area contributed by atoms with Crippen LogP contribution >= 0.6 is 0 Å². The molecule has 1 atom stereocenters. The predicted octanol–water partition coefficient (Wildman–Crippen LogP) is 1.65. The van der Waals surface area contributed by atoms with Crippen molar-refractivity contribution in [3.8, 4) is 0 Å². The Kier molecular flexibility index (Phi) is 6.08. The highest BCUT2D eigenvalue weighted by molar-refractivity contribution is 5.09. The van der Waals surface area contributed by atoms with E-state index in [1.807, 2.05) is 19.9 Å². The van der Waals surface area contributed by atoms with Gasteiger partial charge in [-0.3, -0.25) is 0 Å². The smallest absolute Gasteiger partial charge is 0.130 e. The number of hydrogen-bond donors (Lipinski definition) is 1. The summed E-state index contributed by atoms with van der Waals surface area (Å²) in [4.78, 5) is 8.91. The van der Waals surface area contributed by atoms with Crippen molar-refractivity contribution in [1.82, 2.24) is 15.3 Å². The summed E-state index contributed by atoms with van der Waals surface area (Å²) in [6, 6.07) is 2.29. The molecule has 4 heteroatoms. The first kappa shape index (κ1) is 14.1. The average Bonchev–Trinajstić information content (AvgIpc) is 2.24. The number of methoxy groups -OCH3 is 1. The number of nitrogens with zero attached hydrogens (tertiary/aromatic N) is 2. The van der Waals surface area contributed by atoms with E-state index in [1.165, 1.54) is 0 Å². The van der Waals surface area contributed by atoms with Gasteiger partial charge in [0.15, 0.2) is 0 Å². The zero-order chi connectivity index (χ0) is 12.7. The van der Waals surface area contributed by atoms with Crippen molar-refractivity contribution in [3.05, 3.63) is 23.3 Å². The van der Waals surface area contributed by atoms with Crippen LogP contribution in [-0.4, -0.2) is 36.3 Å². The van der Waals surface area contributed by atoms with Crippen molar-refractivity contribution < 1.29 is 4.74 Å². The van der Waals surface area contributed by atoms with Gasteiger partial charge in [0.1, 0.15) is 5.82 Å². The van der Waals surface area contributed by atoms with Crippen LogP contribution in [0.2, 0.25) is 0 Å². The molecule has 0 aliphatic rings. The van der Waals surface area contributed by atoms with Crippen molar-refractivity contribution in [3.63, 3.8) is 0 Å². The van der Waals surface area contributed by atoms with Gasteiger partial charge in [0.05, 0.1) is 6.61 Å². The van der Waals surface area contributed by atoms with E-state index in [0.29, 0.717) is 12.6 Å². The van der Waals surface area contributed by atoms with Gasteiger partial charge < -0.3 is 10.1 Å². The van der Waals surface area contributed by atoms with Crippen LogP contribution in [-0.2, 0) is 11.2 Å². The normalized spacial score (nSPS) is 12.7. The number of hydrogen-bond acceptors (Lipinski definition) is 4. The monoisotopic (exact) mass is 237 g/mol. The van der Waals surface area contributed by atoms with E-state index in [9.17, 15) is 0 Å². The summed E-state index contributed by atoms with van der Waals surface area (Å²) in [7, 11) is 1.73. The van der Waals surface area contributed by atoms with Crippen LogP contribution < -0.4 is 5.32 Å². The molecule has 1 N–H and O–H groups in total. The van der Waals surface area contributed by atoms with Gasteiger partial charge in [0.2, 0.25) is 0 Å². The third-order valence-corrected chi connectivity index (χ3v) is 2.51. The lowest BCUT2D eigenvalue weighted by atomic mass is 10.2. The Hall–Kier alpha value is -1.00. The lowest BCUT2D eigenvalue weighted by molar-refractivity contribution is 0.165. The highest BCUT2D eigenvalue weighted by Crippen LogP contribution is 2.03. The fourth-order valence-electron chi connectivity index (χ4n) is 1.85. The van der Waals surface area contributed by atoms with Crippen LogP contribution in [0.1, 0.15) is 30.6 Å². The molecule has 1 heterocycles. The highest BCUT2D eigenvalue weighted by Gasteiger charge is 2.11. The van der Waals surface area contributed by atoms with Gasteiger partial charge in [-0.05, 0) is 32.9 Å². The van der Waals surface area contributed by atoms with E-state index < -0.39 is 0 Å². The first-order chi connectivity index (χ1) is 8.15. The molecule has 0 bridgehead atoms. The van der Waals surface area contributed by atoms with Gasteiger partial charge in [-0.2, -0.15) is 0 Å². The first-order valence-corrected chi connectivity index (χ1v) is 6.19. The third kappa shape index (κ3) is 5.24. The Morgan fingerprint density at radius 2 is 1.94 bits per heavy atom. The molecule has 0 saturated heterocycles. The molecule has 0 fully saturated rings. The van der Waals surface area contributed by atoms with Gasteiger partial charge in [-0.15, -0.1) is 0 Å². The summed E-state index contributed by atoms with van der Waals surface area (Å²) in [5, 5.41) is 3.45. The van der Waals surface area contributed by atoms with Crippen molar-refractivity contribution in [2.75, 3.05) is 20.3 Å². The molecule has 0 aromatic carbocycles. The number of ether oxygens (including phenoxy) is 1. The van der Waals surface area contributed by atoms with Crippen LogP contribution in [0.15, 0.2) is 6.07 Å². The molecule has 0 saturated carbocycles. The second kappa shape index (κ2) is 7.35. The zero-order valence-corrected chi connectivity index (χ0v) is 11.3. The molecular weight excluding hydrogens is 214 g/mol. The molecule has 0 spiro atoms. The summed E-state index contributed by atoms with van der Waals surface area (Å²) in [6.45, 7) is 7.85. The van der Waals surface area contributed by atoms with Gasteiger partial charge in [0.25, 0.3) is 0 Å². The van der Waals surface area contributed by atoms with E-state index in [0.717, 1.165) is 36.6 Å². The average molecular weight is 237 g/mol. The molecule has 17 heavy (non-hydrogen) atoms. The topological polar surface area (TPSA) is 47.0 Å². The number of aryl methyl sites for hydroxylation is 2. The van der Waals surface area contributed by atoms with E-state index in [4.69, 9.17) is 4.74 Å². The maximum absolute atomic E-state index is 5.22. The SMILES string of the molecule is CCCNC(COC)Cc1nc(C)cc(C)n1. The van der Waals surface area contributed by atoms with Crippen LogP contribution in [0.25, 0.3) is 0 Å². The van der Waals surface area contributed by atoms with E-state index in [-0.39, 0.29) is 0 Å². The Morgan fingerprint density at radius 1 is 1.29 bits per heavy atom. The molecule has 1 unspecified atom stereocenters. The summed E-state index contributed by atoms with van der Waals surface area (Å²) < 4.78 is 5.22. The quantitative estimate of drug-likeness (QED) is 0.783. The van der Waals surface area contributed by atoms with Gasteiger partial charge in [0, 0.05) is 31.0 Å². The van der Waals surface area contributed by atoms with E-state index in [1.54, 1.807) is 7.11 Å². The van der Waals surface area contributed by atoms with Crippen molar-refractivity contribution in [1.29, 1.82) is 0 Å². The van der Waals surface area contributed by atoms with Gasteiger partial charge in [-0.25, -0.2) is 9.97 Å². The summed E-state index contributed by atoms with van der Waals surface area (Å²) in [6.07, 6.45) is 1.93. The lowest BCUT2D eigenvalue weighted by Gasteiger charge is -2.17. The largest absolute Gasteiger partial charge is 0.383 e. The Balaban J connectivity index is 2.63. The molecule has 96 valence electrons. The van der Waals surface area contributed by atoms with Crippen molar-refractivity contribution in [2.24, 2.45) is 0 Å². The summed E-state index contributed by atoms with van der Waals surface area (Å²) >= 11 is 0. The Bertz CT molecular complexity index is 321. The maximum atomic E-state index is 5.22. The minimum absolute atomic E-state index is 0.293. The zero-order valence-electron chi connectivity index (χ0n) is 11.3. The van der Waals surface area contributed by atoms with Crippen LogP contribution in [0.4, 0.5) is 0 Å². The molecule has 0 radical (unpaired) electrons. The molecule has 1 aromatic heterocycles. The van der Waals surface area contributed by atoms with Crippen molar-refractivity contribution >= 4 is 0 Å². The highest BCUT2D eigenvalue weighted by atomic mass is 16.5. The van der Waals surface area contributed by atoms with Crippen molar-refractivity contribution in [2.45, 2.75) is 39.7 Å². The fraction of sp³-hybridized carbons (Fsp3) is 0.692. The summed E-state index contributed by atoms with van der Waals surface area (Å²) in [5.74, 6) is 0.896. The second-order valence-electron chi connectivity index (χ2n) is 4.38. The van der Waals surface area contributed by atoms with E-state index >= 15 is 0 Å². The molecule has 0 amide bonds. The van der Waals surface area contributed by atoms with E-state index in [2.05, 4.69) is 22.2 Å². The van der Waals surface area contributed by atoms with Crippen LogP contribution in [0, 0.1) is 13.8 Å². The number of rotatable bonds is 7. The summed E-state index contributed by atoms with van der Waals surface area (Å²) in [5.41, 5.74) is 2.05. The third-order valence-electron chi connectivity index (χ3n) is 2.51. The molecule has 1 rings (SSSR count). The number of nitrogens with one attached hydrogen (secondary N) is 1. The molecule has 0 aliphatic heterocycles. The second-order valence-corrected chi connectivity index (χ2v) is 4.38. The molecular formula is C13H23N3O. The molecule has 1 aromatic rings. The predicted molar refractivity (Wildman–Crippen MR) is 69.2 cm³/mol. The van der Waals surface area contributed by atoms with Gasteiger partial charge in [-0.1, -0.05) is 6.92 Å². The molecule has 0 aliphatic carbocycles. The van der Waals surface area contributed by atoms with Gasteiger partial charge >= 0.3 is 0 Å². The standard InChI is InChI=1S/C13H23N3O/c1-5-6-14-12(9-17-4)8-13-15-10(2)7-11(3)16-13/h7,12,14H,5-6,8-9H2,1-4H3. The Morgan fingerprint density at radius 3 is 2.47 bits per heavy atom. The number of aromatic nitrogens is 2. The van der Waals surface area contributed by atoms with Crippen LogP contribution in [0.3, 0.4) is 0 Å².